The highest BCUT2D eigenvalue weighted by Crippen LogP contribution is 2.24. The number of nitro benzene ring substituents is 1. The van der Waals surface area contributed by atoms with Gasteiger partial charge in [0.05, 0.1) is 10.5 Å². The number of nitrogens with zero attached hydrogens (tertiary/aromatic N) is 2. The minimum atomic E-state index is -0.470. The van der Waals surface area contributed by atoms with Crippen LogP contribution in [0.4, 0.5) is 11.4 Å². The number of likely N-dealkylation sites (tertiary alicyclic amines) is 1. The number of benzene rings is 1. The van der Waals surface area contributed by atoms with E-state index in [1.54, 1.807) is 11.0 Å². The highest BCUT2D eigenvalue weighted by atomic mass is 16.6. The van der Waals surface area contributed by atoms with E-state index in [4.69, 9.17) is 0 Å². The van der Waals surface area contributed by atoms with Gasteiger partial charge in [-0.25, -0.2) is 0 Å². The van der Waals surface area contributed by atoms with Crippen molar-refractivity contribution >= 4 is 17.3 Å². The van der Waals surface area contributed by atoms with Crippen molar-refractivity contribution in [2.45, 2.75) is 26.2 Å². The molecule has 1 N–H and O–H groups in total. The number of carbonyl (C=O) groups excluding carboxylic acids is 1. The van der Waals surface area contributed by atoms with Gasteiger partial charge in [-0.2, -0.15) is 0 Å². The Morgan fingerprint density at radius 1 is 1.35 bits per heavy atom. The molecule has 1 aromatic carbocycles. The Morgan fingerprint density at radius 2 is 2.05 bits per heavy atom. The standard InChI is InChI=1S/C14H19N3O3/c1-2-15-13-7-6-11(17(19)20)10-12(13)14(18)16-8-4-3-5-9-16/h6-7,10,15H,2-5,8-9H2,1H3. The first-order chi connectivity index (χ1) is 9.63. The Bertz CT molecular complexity index is 510. The molecule has 0 atom stereocenters. The molecule has 20 heavy (non-hydrogen) atoms. The van der Waals surface area contributed by atoms with Crippen LogP contribution in [-0.2, 0) is 0 Å². The highest BCUT2D eigenvalue weighted by Gasteiger charge is 2.22. The van der Waals surface area contributed by atoms with Crippen LogP contribution in [0.2, 0.25) is 0 Å². The van der Waals surface area contributed by atoms with E-state index in [1.807, 2.05) is 6.92 Å². The Morgan fingerprint density at radius 3 is 2.65 bits per heavy atom. The molecule has 108 valence electrons. The fourth-order valence-corrected chi connectivity index (χ4v) is 2.43. The highest BCUT2D eigenvalue weighted by molar-refractivity contribution is 6.00. The average Bonchev–Trinajstić information content (AvgIpc) is 2.48. The summed E-state index contributed by atoms with van der Waals surface area (Å²) in [6.45, 7) is 4.05. The third-order valence-electron chi connectivity index (χ3n) is 3.45. The molecule has 6 nitrogen and oxygen atoms in total. The number of carbonyl (C=O) groups is 1. The summed E-state index contributed by atoms with van der Waals surface area (Å²) in [7, 11) is 0. The van der Waals surface area contributed by atoms with E-state index in [0.29, 0.717) is 17.8 Å². The molecule has 0 aromatic heterocycles. The van der Waals surface area contributed by atoms with Crippen LogP contribution in [0.15, 0.2) is 18.2 Å². The van der Waals surface area contributed by atoms with Gasteiger partial charge in [0.1, 0.15) is 0 Å². The second-order valence-electron chi connectivity index (χ2n) is 4.87. The summed E-state index contributed by atoms with van der Waals surface area (Å²) in [5, 5.41) is 14.0. The predicted octanol–water partition coefficient (Wildman–Crippen LogP) is 2.65. The Kier molecular flexibility index (Phi) is 4.55. The van der Waals surface area contributed by atoms with Gasteiger partial charge in [-0.1, -0.05) is 0 Å². The van der Waals surface area contributed by atoms with Gasteiger partial charge in [-0.3, -0.25) is 14.9 Å². The van der Waals surface area contributed by atoms with Crippen LogP contribution >= 0.6 is 0 Å². The number of piperidine rings is 1. The smallest absolute Gasteiger partial charge is 0.270 e. The lowest BCUT2D eigenvalue weighted by atomic mass is 10.1. The SMILES string of the molecule is CCNc1ccc([N+](=O)[O-])cc1C(=O)N1CCCCC1. The Balaban J connectivity index is 2.32. The van der Waals surface area contributed by atoms with E-state index in [0.717, 1.165) is 32.4 Å². The third-order valence-corrected chi connectivity index (χ3v) is 3.45. The molecule has 1 aliphatic heterocycles. The maximum atomic E-state index is 12.5. The third kappa shape index (κ3) is 3.07. The summed E-state index contributed by atoms with van der Waals surface area (Å²) < 4.78 is 0. The lowest BCUT2D eigenvalue weighted by Gasteiger charge is -2.27. The second-order valence-corrected chi connectivity index (χ2v) is 4.87. The molecular weight excluding hydrogens is 258 g/mol. The van der Waals surface area contributed by atoms with Crippen molar-refractivity contribution in [3.63, 3.8) is 0 Å². The summed E-state index contributed by atoms with van der Waals surface area (Å²) in [5.41, 5.74) is 1.00. The zero-order chi connectivity index (χ0) is 14.5. The topological polar surface area (TPSA) is 75.5 Å². The predicted molar refractivity (Wildman–Crippen MR) is 77.0 cm³/mol. The monoisotopic (exact) mass is 277 g/mol. The van der Waals surface area contributed by atoms with Gasteiger partial charge < -0.3 is 10.2 Å². The van der Waals surface area contributed by atoms with E-state index in [-0.39, 0.29) is 11.6 Å². The summed E-state index contributed by atoms with van der Waals surface area (Å²) in [6, 6.07) is 4.40. The lowest BCUT2D eigenvalue weighted by molar-refractivity contribution is -0.384. The fraction of sp³-hybridized carbons (Fsp3) is 0.500. The maximum absolute atomic E-state index is 12.5. The molecule has 0 aliphatic carbocycles. The number of anilines is 1. The fourth-order valence-electron chi connectivity index (χ4n) is 2.43. The van der Waals surface area contributed by atoms with Gasteiger partial charge in [0.25, 0.3) is 11.6 Å². The van der Waals surface area contributed by atoms with Crippen molar-refractivity contribution in [1.82, 2.24) is 4.90 Å². The molecule has 1 aromatic rings. The minimum Gasteiger partial charge on any atom is -0.385 e. The van der Waals surface area contributed by atoms with Crippen LogP contribution in [0, 0.1) is 10.1 Å². The van der Waals surface area contributed by atoms with Crippen molar-refractivity contribution < 1.29 is 9.72 Å². The molecule has 1 heterocycles. The van der Waals surface area contributed by atoms with Crippen LogP contribution in [0.5, 0.6) is 0 Å². The van der Waals surface area contributed by atoms with Crippen molar-refractivity contribution in [1.29, 1.82) is 0 Å². The Hall–Kier alpha value is -2.11. The van der Waals surface area contributed by atoms with E-state index in [9.17, 15) is 14.9 Å². The normalized spacial score (nSPS) is 14.9. The van der Waals surface area contributed by atoms with Crippen molar-refractivity contribution in [2.75, 3.05) is 25.0 Å². The van der Waals surface area contributed by atoms with Crippen molar-refractivity contribution in [2.24, 2.45) is 0 Å². The summed E-state index contributed by atoms with van der Waals surface area (Å²) in [6.07, 6.45) is 3.13. The number of non-ortho nitro benzene ring substituents is 1. The first-order valence-corrected chi connectivity index (χ1v) is 6.95. The van der Waals surface area contributed by atoms with Crippen LogP contribution < -0.4 is 5.32 Å². The number of nitro groups is 1. The van der Waals surface area contributed by atoms with Gasteiger partial charge in [0.2, 0.25) is 0 Å². The second kappa shape index (κ2) is 6.36. The molecule has 0 unspecified atom stereocenters. The number of rotatable bonds is 4. The summed E-state index contributed by atoms with van der Waals surface area (Å²) in [4.78, 5) is 24.7. The number of amides is 1. The van der Waals surface area contributed by atoms with E-state index < -0.39 is 4.92 Å². The van der Waals surface area contributed by atoms with Gasteiger partial charge in [0, 0.05) is 37.5 Å². The molecule has 1 saturated heterocycles. The zero-order valence-electron chi connectivity index (χ0n) is 11.6. The summed E-state index contributed by atoms with van der Waals surface area (Å²) >= 11 is 0. The Labute approximate surface area is 117 Å². The molecule has 0 saturated carbocycles. The molecular formula is C14H19N3O3. The molecule has 0 radical (unpaired) electrons. The first-order valence-electron chi connectivity index (χ1n) is 6.95. The number of hydrogen-bond acceptors (Lipinski definition) is 4. The average molecular weight is 277 g/mol. The maximum Gasteiger partial charge on any atom is 0.270 e. The quantitative estimate of drug-likeness (QED) is 0.678. The first kappa shape index (κ1) is 14.3. The van der Waals surface area contributed by atoms with Crippen LogP contribution in [-0.4, -0.2) is 35.4 Å². The number of hydrogen-bond donors (Lipinski definition) is 1. The van der Waals surface area contributed by atoms with Gasteiger partial charge in [-0.05, 0) is 32.3 Å². The molecule has 1 aliphatic rings. The summed E-state index contributed by atoms with van der Waals surface area (Å²) in [5.74, 6) is -0.121. The van der Waals surface area contributed by atoms with Crippen molar-refractivity contribution in [3.8, 4) is 0 Å². The van der Waals surface area contributed by atoms with E-state index in [1.165, 1.54) is 12.1 Å². The van der Waals surface area contributed by atoms with Gasteiger partial charge in [0.15, 0.2) is 0 Å². The van der Waals surface area contributed by atoms with Crippen LogP contribution in [0.1, 0.15) is 36.5 Å². The molecule has 6 heteroatoms. The van der Waals surface area contributed by atoms with Gasteiger partial charge in [-0.15, -0.1) is 0 Å². The molecule has 1 amide bonds. The minimum absolute atomic E-state index is 0.0491. The van der Waals surface area contributed by atoms with Crippen molar-refractivity contribution in [3.05, 3.63) is 33.9 Å². The van der Waals surface area contributed by atoms with Gasteiger partial charge >= 0.3 is 0 Å². The van der Waals surface area contributed by atoms with Crippen LogP contribution in [0.3, 0.4) is 0 Å². The molecule has 1 fully saturated rings. The number of nitrogens with one attached hydrogen (secondary N) is 1. The molecule has 0 bridgehead atoms. The lowest BCUT2D eigenvalue weighted by Crippen LogP contribution is -2.36. The largest absolute Gasteiger partial charge is 0.385 e. The van der Waals surface area contributed by atoms with E-state index in [2.05, 4.69) is 5.32 Å². The van der Waals surface area contributed by atoms with E-state index >= 15 is 0 Å². The molecule has 0 spiro atoms. The van der Waals surface area contributed by atoms with Crippen LogP contribution in [0.25, 0.3) is 0 Å². The zero-order valence-corrected chi connectivity index (χ0v) is 11.6. The molecule has 2 rings (SSSR count).